The molecule has 0 aliphatic rings. The molecule has 0 aliphatic heterocycles. The molecular weight excluding hydrogens is 328 g/mol. The maximum Gasteiger partial charge on any atom is 0.270 e. The van der Waals surface area contributed by atoms with Crippen LogP contribution in [0.5, 0.6) is 0 Å². The molecule has 8 nitrogen and oxygen atoms in total. The molecule has 1 N–H and O–H groups in total. The lowest BCUT2D eigenvalue weighted by molar-refractivity contribution is -0.384. The number of hydrogen-bond acceptors (Lipinski definition) is 6. The molecule has 9 heteroatoms. The van der Waals surface area contributed by atoms with Crippen LogP contribution in [-0.2, 0) is 6.54 Å². The lowest BCUT2D eigenvalue weighted by Gasteiger charge is -2.07. The van der Waals surface area contributed by atoms with E-state index in [-0.39, 0.29) is 5.69 Å². The van der Waals surface area contributed by atoms with Gasteiger partial charge in [0.25, 0.3) is 5.69 Å². The van der Waals surface area contributed by atoms with E-state index in [1.165, 1.54) is 12.1 Å². The van der Waals surface area contributed by atoms with Crippen LogP contribution in [0.2, 0.25) is 0 Å². The molecule has 0 saturated carbocycles. The van der Waals surface area contributed by atoms with Gasteiger partial charge in [0.2, 0.25) is 0 Å². The van der Waals surface area contributed by atoms with Gasteiger partial charge in [-0.25, -0.2) is 0 Å². The fourth-order valence-corrected chi connectivity index (χ4v) is 2.20. The first-order valence-corrected chi connectivity index (χ1v) is 6.85. The highest BCUT2D eigenvalue weighted by atomic mass is 79.9. The second kappa shape index (κ2) is 6.53. The monoisotopic (exact) mass is 340 g/mol. The third-order valence-electron chi connectivity index (χ3n) is 2.61. The van der Waals surface area contributed by atoms with Crippen LogP contribution >= 0.6 is 15.9 Å². The second-order valence-corrected chi connectivity index (χ2v) is 4.93. The van der Waals surface area contributed by atoms with Gasteiger partial charge in [0.05, 0.1) is 21.6 Å². The smallest absolute Gasteiger partial charge is 0.270 e. The number of rotatable bonds is 6. The average Bonchev–Trinajstić information content (AvgIpc) is 2.87. The van der Waals surface area contributed by atoms with E-state index in [1.54, 1.807) is 10.7 Å². The molecule has 0 saturated heterocycles. The van der Waals surface area contributed by atoms with Gasteiger partial charge in [-0.1, -0.05) is 6.92 Å². The molecule has 2 rings (SSSR count). The molecule has 0 radical (unpaired) electrons. The van der Waals surface area contributed by atoms with E-state index in [2.05, 4.69) is 43.7 Å². The van der Waals surface area contributed by atoms with Gasteiger partial charge in [0.1, 0.15) is 0 Å². The second-order valence-electron chi connectivity index (χ2n) is 4.08. The first kappa shape index (κ1) is 14.5. The average molecular weight is 341 g/mol. The molecule has 0 bridgehead atoms. The van der Waals surface area contributed by atoms with Crippen molar-refractivity contribution < 1.29 is 4.92 Å². The highest BCUT2D eigenvalue weighted by molar-refractivity contribution is 9.10. The Hall–Kier alpha value is -1.87. The zero-order chi connectivity index (χ0) is 14.5. The number of tetrazole rings is 1. The topological polar surface area (TPSA) is 98.8 Å². The fraction of sp³-hybridized carbons (Fsp3) is 0.364. The van der Waals surface area contributed by atoms with Gasteiger partial charge in [0.15, 0.2) is 5.82 Å². The minimum atomic E-state index is -0.447. The molecular formula is C11H13BrN6O2. The number of nitro groups is 1. The number of benzene rings is 1. The van der Waals surface area contributed by atoms with Gasteiger partial charge >= 0.3 is 0 Å². The lowest BCUT2D eigenvalue weighted by Crippen LogP contribution is -2.17. The normalized spacial score (nSPS) is 10.7. The largest absolute Gasteiger partial charge is 0.310 e. The molecule has 1 aromatic carbocycles. The van der Waals surface area contributed by atoms with Crippen LogP contribution in [0.25, 0.3) is 5.69 Å². The SMILES string of the molecule is CCCNCc1nnnn1-c1ccc([N+](=O)[O-])cc1Br. The van der Waals surface area contributed by atoms with Crippen molar-refractivity contribution in [2.45, 2.75) is 19.9 Å². The van der Waals surface area contributed by atoms with Crippen molar-refractivity contribution in [3.05, 3.63) is 38.6 Å². The standard InChI is InChI=1S/C11H13BrN6O2/c1-2-5-13-7-11-14-15-16-17(11)10-4-3-8(18(19)20)6-9(10)12/h3-4,6,13H,2,5,7H2,1H3. The minimum Gasteiger partial charge on any atom is -0.310 e. The molecule has 106 valence electrons. The highest BCUT2D eigenvalue weighted by Gasteiger charge is 2.14. The predicted molar refractivity (Wildman–Crippen MR) is 75.5 cm³/mol. The number of nitrogens with zero attached hydrogens (tertiary/aromatic N) is 5. The van der Waals surface area contributed by atoms with E-state index in [0.29, 0.717) is 22.5 Å². The van der Waals surface area contributed by atoms with Crippen LogP contribution in [0, 0.1) is 10.1 Å². The molecule has 1 aromatic heterocycles. The van der Waals surface area contributed by atoms with Crippen LogP contribution in [0.4, 0.5) is 5.69 Å². The number of hydrogen-bond donors (Lipinski definition) is 1. The van der Waals surface area contributed by atoms with E-state index in [4.69, 9.17) is 0 Å². The van der Waals surface area contributed by atoms with E-state index in [0.717, 1.165) is 13.0 Å². The predicted octanol–water partition coefficient (Wildman–Crippen LogP) is 1.83. The summed E-state index contributed by atoms with van der Waals surface area (Å²) in [7, 11) is 0. The summed E-state index contributed by atoms with van der Waals surface area (Å²) >= 11 is 3.31. The van der Waals surface area contributed by atoms with E-state index in [1.807, 2.05) is 0 Å². The summed E-state index contributed by atoms with van der Waals surface area (Å²) in [5.41, 5.74) is 0.674. The summed E-state index contributed by atoms with van der Waals surface area (Å²) in [6.07, 6.45) is 1.02. The van der Waals surface area contributed by atoms with E-state index < -0.39 is 4.92 Å². The van der Waals surface area contributed by atoms with Crippen molar-refractivity contribution in [3.63, 3.8) is 0 Å². The molecule has 0 unspecified atom stereocenters. The first-order chi connectivity index (χ1) is 9.63. The summed E-state index contributed by atoms with van der Waals surface area (Å²) in [6, 6.07) is 4.47. The fourth-order valence-electron chi connectivity index (χ4n) is 1.66. The van der Waals surface area contributed by atoms with Crippen molar-refractivity contribution in [2.24, 2.45) is 0 Å². The lowest BCUT2D eigenvalue weighted by atomic mass is 10.3. The molecule has 0 atom stereocenters. The first-order valence-electron chi connectivity index (χ1n) is 6.05. The molecule has 2 aromatic rings. The minimum absolute atomic E-state index is 0.0133. The zero-order valence-electron chi connectivity index (χ0n) is 10.8. The van der Waals surface area contributed by atoms with Crippen molar-refractivity contribution in [2.75, 3.05) is 6.54 Å². The maximum absolute atomic E-state index is 10.7. The molecule has 0 spiro atoms. The number of non-ortho nitro benzene ring substituents is 1. The van der Waals surface area contributed by atoms with Crippen LogP contribution in [0.1, 0.15) is 19.2 Å². The third-order valence-corrected chi connectivity index (χ3v) is 3.25. The van der Waals surface area contributed by atoms with Crippen LogP contribution < -0.4 is 5.32 Å². The Balaban J connectivity index is 2.28. The Morgan fingerprint density at radius 3 is 2.95 bits per heavy atom. The molecule has 20 heavy (non-hydrogen) atoms. The Kier molecular flexibility index (Phi) is 4.74. The Bertz CT molecular complexity index is 615. The Labute approximate surface area is 123 Å². The number of nitrogens with one attached hydrogen (secondary N) is 1. The van der Waals surface area contributed by atoms with Crippen molar-refractivity contribution in [1.82, 2.24) is 25.5 Å². The van der Waals surface area contributed by atoms with E-state index >= 15 is 0 Å². The number of halogens is 1. The van der Waals surface area contributed by atoms with Gasteiger partial charge in [-0.2, -0.15) is 4.68 Å². The Morgan fingerprint density at radius 2 is 2.30 bits per heavy atom. The summed E-state index contributed by atoms with van der Waals surface area (Å²) in [5, 5.41) is 25.4. The third kappa shape index (κ3) is 3.17. The summed E-state index contributed by atoms with van der Waals surface area (Å²) in [6.45, 7) is 3.47. The van der Waals surface area contributed by atoms with Gasteiger partial charge in [-0.3, -0.25) is 10.1 Å². The summed E-state index contributed by atoms with van der Waals surface area (Å²) in [5.74, 6) is 0.646. The molecule has 1 heterocycles. The summed E-state index contributed by atoms with van der Waals surface area (Å²) < 4.78 is 2.12. The van der Waals surface area contributed by atoms with Crippen LogP contribution in [0.15, 0.2) is 22.7 Å². The Morgan fingerprint density at radius 1 is 1.50 bits per heavy atom. The summed E-state index contributed by atoms with van der Waals surface area (Å²) in [4.78, 5) is 10.3. The van der Waals surface area contributed by atoms with Crippen molar-refractivity contribution in [3.8, 4) is 5.69 Å². The van der Waals surface area contributed by atoms with Crippen LogP contribution in [-0.4, -0.2) is 31.7 Å². The van der Waals surface area contributed by atoms with Gasteiger partial charge in [-0.15, -0.1) is 5.10 Å². The quantitative estimate of drug-likeness (QED) is 0.489. The molecule has 0 amide bonds. The van der Waals surface area contributed by atoms with Crippen molar-refractivity contribution in [1.29, 1.82) is 0 Å². The molecule has 0 aliphatic carbocycles. The van der Waals surface area contributed by atoms with Crippen LogP contribution in [0.3, 0.4) is 0 Å². The highest BCUT2D eigenvalue weighted by Crippen LogP contribution is 2.25. The number of aromatic nitrogens is 4. The van der Waals surface area contributed by atoms with Gasteiger partial charge in [0, 0.05) is 12.1 Å². The number of nitro benzene ring substituents is 1. The maximum atomic E-state index is 10.7. The molecule has 0 fully saturated rings. The zero-order valence-corrected chi connectivity index (χ0v) is 12.4. The van der Waals surface area contributed by atoms with Gasteiger partial charge in [-0.05, 0) is 45.4 Å². The van der Waals surface area contributed by atoms with Crippen molar-refractivity contribution >= 4 is 21.6 Å². The van der Waals surface area contributed by atoms with Gasteiger partial charge < -0.3 is 5.32 Å². The van der Waals surface area contributed by atoms with E-state index in [9.17, 15) is 10.1 Å².